The quantitative estimate of drug-likeness (QED) is 0.933. The Morgan fingerprint density at radius 3 is 2.67 bits per heavy atom. The van der Waals surface area contributed by atoms with Crippen LogP contribution in [0.5, 0.6) is 0 Å². The largest absolute Gasteiger partial charge is 0.319 e. The van der Waals surface area contributed by atoms with Crippen LogP contribution in [0.25, 0.3) is 0 Å². The summed E-state index contributed by atoms with van der Waals surface area (Å²) in [7, 11) is 1.62. The minimum atomic E-state index is -0.243. The summed E-state index contributed by atoms with van der Waals surface area (Å²) in [6.07, 6.45) is 2.51. The first kappa shape index (κ1) is 15.0. The van der Waals surface area contributed by atoms with Gasteiger partial charge in [0.2, 0.25) is 5.56 Å². The van der Waals surface area contributed by atoms with E-state index in [0.29, 0.717) is 5.56 Å². The molecule has 0 aliphatic heterocycles. The maximum Gasteiger partial charge on any atom is 0.257 e. The molecule has 112 valence electrons. The Hall–Kier alpha value is -2.37. The summed E-state index contributed by atoms with van der Waals surface area (Å²) < 4.78 is 3.28. The summed E-state index contributed by atoms with van der Waals surface area (Å²) in [5.74, 6) is -0.243. The van der Waals surface area contributed by atoms with Gasteiger partial charge in [0.15, 0.2) is 0 Å². The van der Waals surface area contributed by atoms with Crippen molar-refractivity contribution in [3.63, 3.8) is 0 Å². The first-order valence-corrected chi connectivity index (χ1v) is 6.96. The number of amides is 1. The summed E-state index contributed by atoms with van der Waals surface area (Å²) in [5, 5.41) is 7.31. The van der Waals surface area contributed by atoms with Crippen LogP contribution < -0.4 is 10.9 Å². The van der Waals surface area contributed by atoms with Crippen LogP contribution in [0.1, 0.15) is 35.1 Å². The Balaban J connectivity index is 2.27. The molecule has 0 fully saturated rings. The van der Waals surface area contributed by atoms with E-state index in [-0.39, 0.29) is 11.5 Å². The van der Waals surface area contributed by atoms with E-state index < -0.39 is 0 Å². The minimum absolute atomic E-state index is 0.144. The average molecular weight is 288 g/mol. The van der Waals surface area contributed by atoms with Crippen LogP contribution in [0, 0.1) is 13.8 Å². The molecule has 2 aromatic rings. The summed E-state index contributed by atoms with van der Waals surface area (Å²) in [6, 6.07) is 2.91. The first-order chi connectivity index (χ1) is 9.93. The van der Waals surface area contributed by atoms with E-state index in [2.05, 4.69) is 17.3 Å². The lowest BCUT2D eigenvalue weighted by Gasteiger charge is -2.07. The van der Waals surface area contributed by atoms with E-state index in [1.165, 1.54) is 22.9 Å². The van der Waals surface area contributed by atoms with Crippen LogP contribution in [0.3, 0.4) is 0 Å². The highest BCUT2D eigenvalue weighted by Gasteiger charge is 2.15. The molecule has 6 heteroatoms. The van der Waals surface area contributed by atoms with Gasteiger partial charge in [0, 0.05) is 25.9 Å². The van der Waals surface area contributed by atoms with Crippen molar-refractivity contribution in [3.05, 3.63) is 45.6 Å². The molecule has 1 N–H and O–H groups in total. The van der Waals surface area contributed by atoms with Gasteiger partial charge in [-0.25, -0.2) is 0 Å². The van der Waals surface area contributed by atoms with Gasteiger partial charge >= 0.3 is 0 Å². The Bertz CT molecular complexity index is 728. The van der Waals surface area contributed by atoms with Gasteiger partial charge in [0.25, 0.3) is 5.91 Å². The summed E-state index contributed by atoms with van der Waals surface area (Å²) >= 11 is 0. The number of carbonyl (C=O) groups excluding carboxylic acids is 1. The maximum absolute atomic E-state index is 12.3. The highest BCUT2D eigenvalue weighted by molar-refractivity contribution is 6.04. The molecule has 2 heterocycles. The van der Waals surface area contributed by atoms with Crippen LogP contribution >= 0.6 is 0 Å². The van der Waals surface area contributed by atoms with Crippen LogP contribution in [0.4, 0.5) is 5.69 Å². The zero-order chi connectivity index (χ0) is 15.6. The molecule has 1 amide bonds. The number of nitrogens with zero attached hydrogens (tertiary/aromatic N) is 3. The first-order valence-electron chi connectivity index (χ1n) is 6.96. The fourth-order valence-electron chi connectivity index (χ4n) is 2.22. The van der Waals surface area contributed by atoms with Gasteiger partial charge in [-0.3, -0.25) is 14.3 Å². The Kier molecular flexibility index (Phi) is 4.26. The Labute approximate surface area is 123 Å². The molecular formula is C15H20N4O2. The normalized spacial score (nSPS) is 10.7. The standard InChI is InChI=1S/C15H20N4O2/c1-5-8-19-11(3)14(10(2)17-19)16-15(21)12-6-7-13(20)18(4)9-12/h6-7,9H,5,8H2,1-4H3,(H,16,21). The molecule has 2 rings (SSSR count). The maximum atomic E-state index is 12.3. The Morgan fingerprint density at radius 2 is 2.05 bits per heavy atom. The third kappa shape index (κ3) is 3.04. The van der Waals surface area contributed by atoms with E-state index in [9.17, 15) is 9.59 Å². The van der Waals surface area contributed by atoms with Crippen molar-refractivity contribution in [1.29, 1.82) is 0 Å². The van der Waals surface area contributed by atoms with Crippen LogP contribution in [0.2, 0.25) is 0 Å². The lowest BCUT2D eigenvalue weighted by molar-refractivity contribution is 0.102. The van der Waals surface area contributed by atoms with Crippen LogP contribution in [-0.2, 0) is 13.6 Å². The van der Waals surface area contributed by atoms with Crippen molar-refractivity contribution >= 4 is 11.6 Å². The van der Waals surface area contributed by atoms with Crippen molar-refractivity contribution in [1.82, 2.24) is 14.3 Å². The molecule has 0 bridgehead atoms. The third-order valence-corrected chi connectivity index (χ3v) is 3.40. The van der Waals surface area contributed by atoms with Crippen LogP contribution in [-0.4, -0.2) is 20.3 Å². The van der Waals surface area contributed by atoms with Gasteiger partial charge in [-0.1, -0.05) is 6.92 Å². The molecule has 2 aromatic heterocycles. The van der Waals surface area contributed by atoms with Gasteiger partial charge in [-0.05, 0) is 26.3 Å². The summed E-state index contributed by atoms with van der Waals surface area (Å²) in [5.41, 5.74) is 2.77. The molecule has 6 nitrogen and oxygen atoms in total. The van der Waals surface area contributed by atoms with Gasteiger partial charge in [0.1, 0.15) is 0 Å². The summed E-state index contributed by atoms with van der Waals surface area (Å²) in [6.45, 7) is 6.71. The molecule has 21 heavy (non-hydrogen) atoms. The molecule has 0 aromatic carbocycles. The molecule has 0 spiro atoms. The lowest BCUT2D eigenvalue weighted by Crippen LogP contribution is -2.20. The van der Waals surface area contributed by atoms with E-state index in [0.717, 1.165) is 30.0 Å². The lowest BCUT2D eigenvalue weighted by atomic mass is 10.2. The number of rotatable bonds is 4. The second-order valence-corrected chi connectivity index (χ2v) is 5.09. The van der Waals surface area contributed by atoms with Gasteiger partial charge in [-0.2, -0.15) is 5.10 Å². The van der Waals surface area contributed by atoms with E-state index in [4.69, 9.17) is 0 Å². The number of anilines is 1. The highest BCUT2D eigenvalue weighted by atomic mass is 16.2. The predicted octanol–water partition coefficient (Wildman–Crippen LogP) is 1.86. The second kappa shape index (κ2) is 5.95. The van der Waals surface area contributed by atoms with Gasteiger partial charge < -0.3 is 9.88 Å². The molecule has 0 aliphatic carbocycles. The zero-order valence-electron chi connectivity index (χ0n) is 12.8. The monoisotopic (exact) mass is 288 g/mol. The van der Waals surface area contributed by atoms with Crippen molar-refractivity contribution in [2.45, 2.75) is 33.7 Å². The fourth-order valence-corrected chi connectivity index (χ4v) is 2.22. The molecule has 0 atom stereocenters. The van der Waals surface area contributed by atoms with Crippen molar-refractivity contribution < 1.29 is 4.79 Å². The van der Waals surface area contributed by atoms with Crippen molar-refractivity contribution in [3.8, 4) is 0 Å². The van der Waals surface area contributed by atoms with Crippen molar-refractivity contribution in [2.75, 3.05) is 5.32 Å². The summed E-state index contributed by atoms with van der Waals surface area (Å²) in [4.78, 5) is 23.6. The smallest absolute Gasteiger partial charge is 0.257 e. The number of carbonyl (C=O) groups is 1. The van der Waals surface area contributed by atoms with Gasteiger partial charge in [0.05, 0.1) is 22.6 Å². The number of pyridine rings is 1. The number of hydrogen-bond donors (Lipinski definition) is 1. The highest BCUT2D eigenvalue weighted by Crippen LogP contribution is 2.20. The average Bonchev–Trinajstić information content (AvgIpc) is 2.70. The molecular weight excluding hydrogens is 268 g/mol. The Morgan fingerprint density at radius 1 is 1.33 bits per heavy atom. The number of nitrogens with one attached hydrogen (secondary N) is 1. The number of hydrogen-bond acceptors (Lipinski definition) is 3. The second-order valence-electron chi connectivity index (χ2n) is 5.09. The zero-order valence-corrected chi connectivity index (χ0v) is 12.8. The van der Waals surface area contributed by atoms with Crippen LogP contribution in [0.15, 0.2) is 23.1 Å². The molecule has 0 saturated carbocycles. The van der Waals surface area contributed by atoms with E-state index in [1.807, 2.05) is 18.5 Å². The van der Waals surface area contributed by atoms with E-state index >= 15 is 0 Å². The molecule has 0 aliphatic rings. The SMILES string of the molecule is CCCn1nc(C)c(NC(=O)c2ccc(=O)n(C)c2)c1C. The fraction of sp³-hybridized carbons (Fsp3) is 0.400. The third-order valence-electron chi connectivity index (χ3n) is 3.40. The van der Waals surface area contributed by atoms with E-state index in [1.54, 1.807) is 7.05 Å². The molecule has 0 radical (unpaired) electrons. The minimum Gasteiger partial charge on any atom is -0.319 e. The number of aromatic nitrogens is 3. The molecule has 0 unspecified atom stereocenters. The molecule has 0 saturated heterocycles. The van der Waals surface area contributed by atoms with Gasteiger partial charge in [-0.15, -0.1) is 0 Å². The number of aryl methyl sites for hydroxylation is 3. The van der Waals surface area contributed by atoms with Crippen molar-refractivity contribution in [2.24, 2.45) is 7.05 Å². The predicted molar refractivity (Wildman–Crippen MR) is 81.6 cm³/mol. The topological polar surface area (TPSA) is 68.9 Å².